The summed E-state index contributed by atoms with van der Waals surface area (Å²) in [6.07, 6.45) is 1.97. The number of hydrogen-bond acceptors (Lipinski definition) is 6. The van der Waals surface area contributed by atoms with Gasteiger partial charge >= 0.3 is 5.97 Å². The molecule has 1 atom stereocenters. The Balaban J connectivity index is 2.13. The zero-order chi connectivity index (χ0) is 14.4. The van der Waals surface area contributed by atoms with Crippen molar-refractivity contribution in [2.75, 3.05) is 12.8 Å². The Labute approximate surface area is 125 Å². The van der Waals surface area contributed by atoms with Crippen LogP contribution < -0.4 is 5.32 Å². The molecule has 0 aliphatic heterocycles. The average Bonchev–Trinajstić information content (AvgIpc) is 2.97. The molecule has 0 saturated heterocycles. The number of aliphatic carboxylic acids is 1. The molecule has 2 aromatic rings. The summed E-state index contributed by atoms with van der Waals surface area (Å²) >= 11 is 2.84. The van der Waals surface area contributed by atoms with Gasteiger partial charge in [-0.25, -0.2) is 9.78 Å². The van der Waals surface area contributed by atoms with E-state index in [0.29, 0.717) is 12.2 Å². The second-order valence-electron chi connectivity index (χ2n) is 4.13. The van der Waals surface area contributed by atoms with Crippen LogP contribution in [0, 0.1) is 0 Å². The minimum Gasteiger partial charge on any atom is -0.480 e. The topological polar surface area (TPSA) is 75.1 Å². The molecule has 1 aromatic carbocycles. The highest BCUT2D eigenvalue weighted by Gasteiger charge is 2.38. The quantitative estimate of drug-likeness (QED) is 0.764. The zero-order valence-electron chi connectivity index (χ0n) is 10.9. The minimum absolute atomic E-state index is 0.465. The van der Waals surface area contributed by atoms with Crippen LogP contribution in [0.1, 0.15) is 12.0 Å². The molecule has 1 unspecified atom stereocenters. The lowest BCUT2D eigenvalue weighted by atomic mass is 9.87. The fourth-order valence-corrected chi connectivity index (χ4v) is 3.56. The van der Waals surface area contributed by atoms with Crippen LogP contribution in [0.15, 0.2) is 41.0 Å². The van der Waals surface area contributed by atoms with E-state index < -0.39 is 11.5 Å². The predicted molar refractivity (Wildman–Crippen MR) is 80.1 cm³/mol. The van der Waals surface area contributed by atoms with Gasteiger partial charge in [0.1, 0.15) is 11.9 Å². The maximum absolute atomic E-state index is 11.7. The Bertz CT molecular complexity index is 548. The number of benzene rings is 1. The van der Waals surface area contributed by atoms with Gasteiger partial charge in [-0.15, -0.1) is 0 Å². The number of aromatic nitrogens is 2. The van der Waals surface area contributed by atoms with Gasteiger partial charge in [-0.05, 0) is 30.6 Å². The molecule has 5 nitrogen and oxygen atoms in total. The number of thioether (sulfide) groups is 1. The van der Waals surface area contributed by atoms with E-state index in [2.05, 4.69) is 14.7 Å². The lowest BCUT2D eigenvalue weighted by molar-refractivity contribution is -0.145. The summed E-state index contributed by atoms with van der Waals surface area (Å²) in [4.78, 5) is 15.8. The number of likely N-dealkylation sites (N-methyl/N-ethyl adjacent to an activating group) is 1. The summed E-state index contributed by atoms with van der Waals surface area (Å²) in [6, 6.07) is 9.24. The molecule has 0 spiro atoms. The summed E-state index contributed by atoms with van der Waals surface area (Å²) in [5, 5.41) is 12.6. The Kier molecular flexibility index (Phi) is 5.11. The first-order valence-corrected chi connectivity index (χ1v) is 7.82. The zero-order valence-corrected chi connectivity index (χ0v) is 12.6. The van der Waals surface area contributed by atoms with Crippen molar-refractivity contribution < 1.29 is 9.90 Å². The molecule has 2 N–H and O–H groups in total. The fourth-order valence-electron chi connectivity index (χ4n) is 1.99. The van der Waals surface area contributed by atoms with Crippen LogP contribution in [0.25, 0.3) is 0 Å². The predicted octanol–water partition coefficient (Wildman–Crippen LogP) is 2.22. The van der Waals surface area contributed by atoms with Gasteiger partial charge < -0.3 is 10.4 Å². The summed E-state index contributed by atoms with van der Waals surface area (Å²) < 4.78 is 4.78. The van der Waals surface area contributed by atoms with Crippen LogP contribution in [0.2, 0.25) is 0 Å². The Morgan fingerprint density at radius 1 is 1.45 bits per heavy atom. The number of rotatable bonds is 7. The van der Waals surface area contributed by atoms with Crippen molar-refractivity contribution in [1.82, 2.24) is 14.7 Å². The molecule has 0 fully saturated rings. The molecule has 0 saturated carbocycles. The van der Waals surface area contributed by atoms with Gasteiger partial charge in [0, 0.05) is 5.75 Å². The number of hydrogen-bond donors (Lipinski definition) is 2. The third-order valence-electron chi connectivity index (χ3n) is 3.10. The first-order chi connectivity index (χ1) is 9.69. The van der Waals surface area contributed by atoms with E-state index in [0.717, 1.165) is 9.90 Å². The van der Waals surface area contributed by atoms with E-state index in [-0.39, 0.29) is 0 Å². The van der Waals surface area contributed by atoms with Crippen LogP contribution in [-0.2, 0) is 10.3 Å². The van der Waals surface area contributed by atoms with E-state index in [4.69, 9.17) is 0 Å². The highest BCUT2D eigenvalue weighted by Crippen LogP contribution is 2.29. The van der Waals surface area contributed by atoms with E-state index in [1.165, 1.54) is 29.6 Å². The van der Waals surface area contributed by atoms with Gasteiger partial charge in [-0.2, -0.15) is 4.37 Å². The van der Waals surface area contributed by atoms with Crippen LogP contribution >= 0.6 is 23.3 Å². The molecule has 0 radical (unpaired) electrons. The van der Waals surface area contributed by atoms with Crippen LogP contribution in [0.3, 0.4) is 0 Å². The third-order valence-corrected chi connectivity index (χ3v) is 4.90. The summed E-state index contributed by atoms with van der Waals surface area (Å²) in [7, 11) is 1.68. The molecule has 0 aliphatic carbocycles. The second-order valence-corrected chi connectivity index (χ2v) is 6.25. The van der Waals surface area contributed by atoms with Crippen molar-refractivity contribution in [2.45, 2.75) is 16.3 Å². The van der Waals surface area contributed by atoms with Crippen molar-refractivity contribution in [3.8, 4) is 0 Å². The Morgan fingerprint density at radius 2 is 2.20 bits per heavy atom. The second kappa shape index (κ2) is 6.83. The number of nitrogens with zero attached hydrogens (tertiary/aromatic N) is 2. The first kappa shape index (κ1) is 15.0. The van der Waals surface area contributed by atoms with E-state index in [1.807, 2.05) is 30.3 Å². The third kappa shape index (κ3) is 3.17. The Morgan fingerprint density at radius 3 is 2.75 bits per heavy atom. The molecular formula is C13H15N3O2S2. The van der Waals surface area contributed by atoms with Gasteiger partial charge in [0.05, 0.1) is 0 Å². The van der Waals surface area contributed by atoms with Gasteiger partial charge in [0.25, 0.3) is 0 Å². The molecular weight excluding hydrogens is 294 g/mol. The maximum Gasteiger partial charge on any atom is 0.328 e. The van der Waals surface area contributed by atoms with Gasteiger partial charge in [0.15, 0.2) is 4.34 Å². The average molecular weight is 309 g/mol. The monoisotopic (exact) mass is 309 g/mol. The lowest BCUT2D eigenvalue weighted by Crippen LogP contribution is -2.47. The maximum atomic E-state index is 11.7. The van der Waals surface area contributed by atoms with Crippen LogP contribution in [0.4, 0.5) is 0 Å². The number of carboxylic acids is 1. The summed E-state index contributed by atoms with van der Waals surface area (Å²) in [6.45, 7) is 0. The molecule has 2 rings (SSSR count). The fraction of sp³-hybridized carbons (Fsp3) is 0.308. The molecule has 20 heavy (non-hydrogen) atoms. The molecule has 106 valence electrons. The molecule has 0 amide bonds. The summed E-state index contributed by atoms with van der Waals surface area (Å²) in [5.41, 5.74) is -0.313. The first-order valence-electron chi connectivity index (χ1n) is 6.06. The lowest BCUT2D eigenvalue weighted by Gasteiger charge is -2.29. The molecule has 1 heterocycles. The number of carboxylic acid groups (broad SMARTS) is 1. The molecule has 0 bridgehead atoms. The standard InChI is InChI=1S/C13H15N3O2S2/c1-14-13(11(17)18,10-5-3-2-4-6-10)7-8-19-12-15-9-16-20-12/h2-6,9,14H,7-8H2,1H3,(H,17,18). The highest BCUT2D eigenvalue weighted by molar-refractivity contribution is 8.00. The van der Waals surface area contributed by atoms with Gasteiger partial charge in [-0.1, -0.05) is 42.1 Å². The van der Waals surface area contributed by atoms with Crippen LogP contribution in [-0.4, -0.2) is 33.2 Å². The van der Waals surface area contributed by atoms with Crippen molar-refractivity contribution >= 4 is 29.3 Å². The van der Waals surface area contributed by atoms with Crippen molar-refractivity contribution in [2.24, 2.45) is 0 Å². The number of nitrogens with one attached hydrogen (secondary N) is 1. The van der Waals surface area contributed by atoms with Crippen molar-refractivity contribution in [3.05, 3.63) is 42.2 Å². The smallest absolute Gasteiger partial charge is 0.328 e. The number of carbonyl (C=O) groups is 1. The normalized spacial score (nSPS) is 13.8. The molecule has 7 heteroatoms. The summed E-state index contributed by atoms with van der Waals surface area (Å²) in [5.74, 6) is -0.221. The van der Waals surface area contributed by atoms with E-state index in [1.54, 1.807) is 7.05 Å². The minimum atomic E-state index is -1.07. The van der Waals surface area contributed by atoms with Gasteiger partial charge in [0.2, 0.25) is 0 Å². The Hall–Kier alpha value is -1.44. The van der Waals surface area contributed by atoms with Gasteiger partial charge in [-0.3, -0.25) is 0 Å². The van der Waals surface area contributed by atoms with Crippen molar-refractivity contribution in [1.29, 1.82) is 0 Å². The van der Waals surface area contributed by atoms with Crippen LogP contribution in [0.5, 0.6) is 0 Å². The molecule has 1 aromatic heterocycles. The molecule has 0 aliphatic rings. The largest absolute Gasteiger partial charge is 0.480 e. The SMILES string of the molecule is CNC(CCSc1ncns1)(C(=O)O)c1ccccc1. The highest BCUT2D eigenvalue weighted by atomic mass is 32.2. The van der Waals surface area contributed by atoms with Crippen molar-refractivity contribution in [3.63, 3.8) is 0 Å². The van der Waals surface area contributed by atoms with E-state index in [9.17, 15) is 9.90 Å². The van der Waals surface area contributed by atoms with E-state index >= 15 is 0 Å².